The summed E-state index contributed by atoms with van der Waals surface area (Å²) in [6.45, 7) is 1.92. The third-order valence-corrected chi connectivity index (χ3v) is 4.56. The molecular weight excluding hydrogens is 340 g/mol. The third kappa shape index (κ3) is 3.13. The van der Waals surface area contributed by atoms with E-state index >= 15 is 0 Å². The van der Waals surface area contributed by atoms with E-state index in [9.17, 15) is 9.59 Å². The Labute approximate surface area is 155 Å². The number of para-hydroxylation sites is 1. The maximum absolute atomic E-state index is 12.9. The van der Waals surface area contributed by atoms with Crippen molar-refractivity contribution in [3.63, 3.8) is 0 Å². The summed E-state index contributed by atoms with van der Waals surface area (Å²) in [5.74, 6) is -0.245. The molecule has 4 rings (SSSR count). The normalized spacial score (nSPS) is 12.0. The highest BCUT2D eigenvalue weighted by atomic mass is 16.2. The number of carbonyl (C=O) groups excluding carboxylic acids is 1. The van der Waals surface area contributed by atoms with Crippen LogP contribution in [0.4, 0.5) is 0 Å². The first-order valence-corrected chi connectivity index (χ1v) is 8.65. The zero-order valence-electron chi connectivity index (χ0n) is 14.7. The van der Waals surface area contributed by atoms with Gasteiger partial charge >= 0.3 is 0 Å². The highest BCUT2D eigenvalue weighted by molar-refractivity contribution is 6.06. The minimum Gasteiger partial charge on any atom is -0.345 e. The van der Waals surface area contributed by atoms with Crippen LogP contribution in [0.3, 0.4) is 0 Å². The molecule has 1 unspecified atom stereocenters. The molecule has 0 saturated heterocycles. The SMILES string of the molecule is CC(NC(=O)c1c[nH]c(=O)c2ccccc12)c1ccccc1-n1cccn1. The van der Waals surface area contributed by atoms with E-state index in [0.29, 0.717) is 16.3 Å². The highest BCUT2D eigenvalue weighted by Crippen LogP contribution is 2.22. The number of aromatic amines is 1. The second kappa shape index (κ2) is 6.92. The van der Waals surface area contributed by atoms with E-state index in [4.69, 9.17) is 0 Å². The van der Waals surface area contributed by atoms with Gasteiger partial charge in [-0.1, -0.05) is 36.4 Å². The molecule has 2 aromatic heterocycles. The zero-order chi connectivity index (χ0) is 18.8. The van der Waals surface area contributed by atoms with Gasteiger partial charge in [-0.15, -0.1) is 0 Å². The molecule has 2 aromatic carbocycles. The maximum Gasteiger partial charge on any atom is 0.255 e. The number of fused-ring (bicyclic) bond motifs is 1. The van der Waals surface area contributed by atoms with E-state index in [1.165, 1.54) is 6.20 Å². The molecular formula is C21H18N4O2. The molecule has 0 radical (unpaired) electrons. The molecule has 0 bridgehead atoms. The molecule has 0 fully saturated rings. The number of rotatable bonds is 4. The number of benzene rings is 2. The summed E-state index contributed by atoms with van der Waals surface area (Å²) >= 11 is 0. The van der Waals surface area contributed by atoms with Crippen molar-refractivity contribution < 1.29 is 4.79 Å². The summed E-state index contributed by atoms with van der Waals surface area (Å²) in [6, 6.07) is 16.5. The van der Waals surface area contributed by atoms with E-state index in [1.54, 1.807) is 29.1 Å². The van der Waals surface area contributed by atoms with Crippen molar-refractivity contribution in [3.05, 3.63) is 94.7 Å². The Morgan fingerprint density at radius 1 is 1.07 bits per heavy atom. The van der Waals surface area contributed by atoms with Crippen LogP contribution < -0.4 is 10.9 Å². The number of carbonyl (C=O) groups is 1. The topological polar surface area (TPSA) is 79.8 Å². The monoisotopic (exact) mass is 358 g/mol. The van der Waals surface area contributed by atoms with Crippen molar-refractivity contribution in [2.75, 3.05) is 0 Å². The second-order valence-electron chi connectivity index (χ2n) is 6.28. The minimum atomic E-state index is -0.247. The maximum atomic E-state index is 12.9. The van der Waals surface area contributed by atoms with Crippen molar-refractivity contribution in [3.8, 4) is 5.69 Å². The molecule has 6 nitrogen and oxygen atoms in total. The Bertz CT molecular complexity index is 1160. The fraction of sp³-hybridized carbons (Fsp3) is 0.0952. The molecule has 2 heterocycles. The first-order chi connectivity index (χ1) is 13.1. The quantitative estimate of drug-likeness (QED) is 0.588. The number of hydrogen-bond acceptors (Lipinski definition) is 3. The summed E-state index contributed by atoms with van der Waals surface area (Å²) < 4.78 is 1.77. The average Bonchev–Trinajstić information content (AvgIpc) is 3.23. The van der Waals surface area contributed by atoms with Crippen LogP contribution in [0.15, 0.2) is 78.0 Å². The smallest absolute Gasteiger partial charge is 0.255 e. The molecule has 6 heteroatoms. The zero-order valence-corrected chi connectivity index (χ0v) is 14.7. The lowest BCUT2D eigenvalue weighted by atomic mass is 10.0. The van der Waals surface area contributed by atoms with Gasteiger partial charge in [0.25, 0.3) is 11.5 Å². The first-order valence-electron chi connectivity index (χ1n) is 8.65. The van der Waals surface area contributed by atoms with Gasteiger partial charge in [0.2, 0.25) is 0 Å². The lowest BCUT2D eigenvalue weighted by Gasteiger charge is -2.18. The van der Waals surface area contributed by atoms with Crippen molar-refractivity contribution in [1.82, 2.24) is 20.1 Å². The first kappa shape index (κ1) is 16.8. The molecule has 27 heavy (non-hydrogen) atoms. The molecule has 0 spiro atoms. The summed E-state index contributed by atoms with van der Waals surface area (Å²) in [5, 5.41) is 8.43. The van der Waals surface area contributed by atoms with Gasteiger partial charge in [-0.3, -0.25) is 9.59 Å². The molecule has 134 valence electrons. The van der Waals surface area contributed by atoms with Crippen molar-refractivity contribution in [2.24, 2.45) is 0 Å². The number of pyridine rings is 1. The van der Waals surface area contributed by atoms with Crippen LogP contribution in [-0.2, 0) is 0 Å². The number of amides is 1. The molecule has 2 N–H and O–H groups in total. The minimum absolute atomic E-state index is 0.209. The van der Waals surface area contributed by atoms with Gasteiger partial charge in [0.1, 0.15) is 0 Å². The van der Waals surface area contributed by atoms with Crippen LogP contribution in [0, 0.1) is 0 Å². The van der Waals surface area contributed by atoms with Crippen molar-refractivity contribution in [2.45, 2.75) is 13.0 Å². The highest BCUT2D eigenvalue weighted by Gasteiger charge is 2.17. The van der Waals surface area contributed by atoms with E-state index < -0.39 is 0 Å². The van der Waals surface area contributed by atoms with E-state index in [-0.39, 0.29) is 17.5 Å². The molecule has 0 aliphatic carbocycles. The summed E-state index contributed by atoms with van der Waals surface area (Å²) in [7, 11) is 0. The second-order valence-corrected chi connectivity index (χ2v) is 6.28. The van der Waals surface area contributed by atoms with Gasteiger partial charge < -0.3 is 10.3 Å². The fourth-order valence-electron chi connectivity index (χ4n) is 3.22. The lowest BCUT2D eigenvalue weighted by Crippen LogP contribution is -2.28. The Morgan fingerprint density at radius 2 is 1.81 bits per heavy atom. The standard InChI is InChI=1S/C21H18N4O2/c1-14(15-7-4-5-10-19(15)25-12-6-11-23-25)24-21(27)18-13-22-20(26)17-9-3-2-8-16(17)18/h2-14H,1H3,(H,22,26)(H,24,27). The van der Waals surface area contributed by atoms with Gasteiger partial charge in [-0.25, -0.2) is 4.68 Å². The van der Waals surface area contributed by atoms with Crippen LogP contribution >= 0.6 is 0 Å². The van der Waals surface area contributed by atoms with Crippen molar-refractivity contribution in [1.29, 1.82) is 0 Å². The van der Waals surface area contributed by atoms with E-state index in [1.807, 2.05) is 49.5 Å². The van der Waals surface area contributed by atoms with Gasteiger partial charge in [-0.2, -0.15) is 5.10 Å². The van der Waals surface area contributed by atoms with E-state index in [2.05, 4.69) is 15.4 Å². The Balaban J connectivity index is 1.67. The predicted molar refractivity (Wildman–Crippen MR) is 104 cm³/mol. The number of nitrogens with one attached hydrogen (secondary N) is 2. The predicted octanol–water partition coefficient (Wildman–Crippen LogP) is 3.20. The number of H-pyrrole nitrogens is 1. The largest absolute Gasteiger partial charge is 0.345 e. The van der Waals surface area contributed by atoms with E-state index in [0.717, 1.165) is 11.3 Å². The van der Waals surface area contributed by atoms with Crippen LogP contribution in [0.1, 0.15) is 28.9 Å². The van der Waals surface area contributed by atoms with Crippen LogP contribution in [0.2, 0.25) is 0 Å². The molecule has 0 aliphatic heterocycles. The third-order valence-electron chi connectivity index (χ3n) is 4.56. The number of aromatic nitrogens is 3. The van der Waals surface area contributed by atoms with Crippen LogP contribution in [-0.4, -0.2) is 20.7 Å². The Morgan fingerprint density at radius 3 is 2.59 bits per heavy atom. The van der Waals surface area contributed by atoms with Gasteiger partial charge in [0.15, 0.2) is 0 Å². The van der Waals surface area contributed by atoms with Gasteiger partial charge in [-0.05, 0) is 30.7 Å². The number of hydrogen-bond donors (Lipinski definition) is 2. The van der Waals surface area contributed by atoms with Crippen LogP contribution in [0.5, 0.6) is 0 Å². The Kier molecular flexibility index (Phi) is 4.30. The lowest BCUT2D eigenvalue weighted by molar-refractivity contribution is 0.0941. The van der Waals surface area contributed by atoms with Gasteiger partial charge in [0, 0.05) is 29.4 Å². The Hall–Kier alpha value is -3.67. The molecule has 0 saturated carbocycles. The van der Waals surface area contributed by atoms with Crippen molar-refractivity contribution >= 4 is 16.7 Å². The summed E-state index contributed by atoms with van der Waals surface area (Å²) in [4.78, 5) is 27.5. The molecule has 1 amide bonds. The molecule has 1 atom stereocenters. The fourth-order valence-corrected chi connectivity index (χ4v) is 3.22. The van der Waals surface area contributed by atoms with Crippen LogP contribution in [0.25, 0.3) is 16.5 Å². The average molecular weight is 358 g/mol. The number of nitrogens with zero attached hydrogens (tertiary/aromatic N) is 2. The van der Waals surface area contributed by atoms with Gasteiger partial charge in [0.05, 0.1) is 17.3 Å². The molecule has 4 aromatic rings. The summed E-state index contributed by atoms with van der Waals surface area (Å²) in [6.07, 6.45) is 5.04. The molecule has 0 aliphatic rings. The summed E-state index contributed by atoms with van der Waals surface area (Å²) in [5.41, 5.74) is 2.08.